The van der Waals surface area contributed by atoms with Gasteiger partial charge in [0.15, 0.2) is 0 Å². The molecule has 2 aromatic heterocycles. The molecule has 0 saturated heterocycles. The molecule has 28 heavy (non-hydrogen) atoms. The van der Waals surface area contributed by atoms with Crippen LogP contribution in [-0.2, 0) is 6.54 Å². The van der Waals surface area contributed by atoms with Crippen molar-refractivity contribution < 1.29 is 0 Å². The first-order chi connectivity index (χ1) is 13.9. The fourth-order valence-corrected chi connectivity index (χ4v) is 4.18. The first-order valence-corrected chi connectivity index (χ1v) is 9.95. The summed E-state index contributed by atoms with van der Waals surface area (Å²) < 4.78 is 3.42. The number of aromatic nitrogens is 2. The molecular formula is C23H18N4S. The average molecular weight is 382 g/mol. The van der Waals surface area contributed by atoms with E-state index in [0.29, 0.717) is 0 Å². The summed E-state index contributed by atoms with van der Waals surface area (Å²) in [7, 11) is 0. The van der Waals surface area contributed by atoms with Crippen LogP contribution in [0.4, 0.5) is 5.13 Å². The van der Waals surface area contributed by atoms with Crippen molar-refractivity contribution in [1.82, 2.24) is 9.55 Å². The monoisotopic (exact) mass is 382 g/mol. The van der Waals surface area contributed by atoms with Gasteiger partial charge in [-0.15, -0.1) is 0 Å². The lowest BCUT2D eigenvalue weighted by molar-refractivity contribution is 0.836. The van der Waals surface area contributed by atoms with E-state index in [1.165, 1.54) is 16.5 Å². The summed E-state index contributed by atoms with van der Waals surface area (Å²) in [5, 5.41) is 6.42. The highest BCUT2D eigenvalue weighted by Gasteiger charge is 2.07. The van der Waals surface area contributed by atoms with Crippen molar-refractivity contribution >= 4 is 43.8 Å². The van der Waals surface area contributed by atoms with E-state index in [1.807, 2.05) is 30.5 Å². The number of hydrazone groups is 1. The second-order valence-corrected chi connectivity index (χ2v) is 7.60. The van der Waals surface area contributed by atoms with Crippen molar-refractivity contribution in [3.63, 3.8) is 0 Å². The molecule has 0 aliphatic rings. The van der Waals surface area contributed by atoms with Crippen LogP contribution in [0.3, 0.4) is 0 Å². The number of rotatable bonds is 5. The standard InChI is InChI=1S/C23H18N4S/c1-2-8-17(9-3-1)15-27-16-18(19-10-4-6-12-21(19)27)14-24-26-23-25-20-11-5-7-13-22(20)28-23/h1-14,16H,15H2,(H,25,26)/b24-14+. The van der Waals surface area contributed by atoms with Gasteiger partial charge >= 0.3 is 0 Å². The SMILES string of the molecule is C(=N\Nc1nc2ccccc2s1)/c1cn(Cc2ccccc2)c2ccccc12. The number of hydrogen-bond donors (Lipinski definition) is 1. The van der Waals surface area contributed by atoms with Crippen molar-refractivity contribution in [2.24, 2.45) is 5.10 Å². The topological polar surface area (TPSA) is 42.2 Å². The van der Waals surface area contributed by atoms with Crippen molar-refractivity contribution in [3.8, 4) is 0 Å². The number of nitrogens with one attached hydrogen (secondary N) is 1. The lowest BCUT2D eigenvalue weighted by Crippen LogP contribution is -1.97. The molecule has 5 rings (SSSR count). The van der Waals surface area contributed by atoms with E-state index in [-0.39, 0.29) is 0 Å². The molecule has 0 aliphatic carbocycles. The van der Waals surface area contributed by atoms with Crippen LogP contribution in [0, 0.1) is 0 Å². The van der Waals surface area contributed by atoms with Crippen LogP contribution < -0.4 is 5.43 Å². The maximum atomic E-state index is 4.56. The minimum absolute atomic E-state index is 0.797. The summed E-state index contributed by atoms with van der Waals surface area (Å²) in [5.41, 5.74) is 7.63. The van der Waals surface area contributed by atoms with Crippen molar-refractivity contribution in [2.45, 2.75) is 6.54 Å². The fourth-order valence-electron chi connectivity index (χ4n) is 3.37. The predicted molar refractivity (Wildman–Crippen MR) is 118 cm³/mol. The lowest BCUT2D eigenvalue weighted by atomic mass is 10.2. The Balaban J connectivity index is 1.42. The minimum Gasteiger partial charge on any atom is -0.342 e. The van der Waals surface area contributed by atoms with Gasteiger partial charge in [-0.05, 0) is 23.8 Å². The number of para-hydroxylation sites is 2. The maximum absolute atomic E-state index is 4.56. The van der Waals surface area contributed by atoms with E-state index >= 15 is 0 Å². The molecule has 136 valence electrons. The number of nitrogens with zero attached hydrogens (tertiary/aromatic N) is 3. The zero-order valence-electron chi connectivity index (χ0n) is 15.1. The molecule has 1 N–H and O–H groups in total. The van der Waals surface area contributed by atoms with E-state index in [4.69, 9.17) is 0 Å². The normalized spacial score (nSPS) is 11.6. The van der Waals surface area contributed by atoms with Crippen LogP contribution in [0.5, 0.6) is 0 Å². The van der Waals surface area contributed by atoms with Gasteiger partial charge in [-0.2, -0.15) is 5.10 Å². The summed E-state index contributed by atoms with van der Waals surface area (Å²) in [6, 6.07) is 27.0. The third-order valence-corrected chi connectivity index (χ3v) is 5.61. The molecule has 0 aliphatic heterocycles. The number of thiazole rings is 1. The molecule has 0 unspecified atom stereocenters. The Morgan fingerprint density at radius 2 is 1.71 bits per heavy atom. The van der Waals surface area contributed by atoms with Crippen LogP contribution >= 0.6 is 11.3 Å². The Morgan fingerprint density at radius 1 is 0.929 bits per heavy atom. The Kier molecular flexibility index (Phi) is 4.35. The van der Waals surface area contributed by atoms with E-state index in [1.54, 1.807) is 11.3 Å². The Hall–Kier alpha value is -3.44. The van der Waals surface area contributed by atoms with E-state index in [9.17, 15) is 0 Å². The van der Waals surface area contributed by atoms with Gasteiger partial charge in [0.2, 0.25) is 5.13 Å². The second-order valence-electron chi connectivity index (χ2n) is 6.57. The van der Waals surface area contributed by atoms with Crippen molar-refractivity contribution in [3.05, 3.63) is 96.2 Å². The van der Waals surface area contributed by atoms with Crippen LogP contribution in [-0.4, -0.2) is 15.8 Å². The Labute approximate surface area is 166 Å². The van der Waals surface area contributed by atoms with Crippen LogP contribution in [0.25, 0.3) is 21.1 Å². The average Bonchev–Trinajstić information content (AvgIpc) is 3.30. The van der Waals surface area contributed by atoms with Gasteiger partial charge in [0.05, 0.1) is 16.4 Å². The van der Waals surface area contributed by atoms with E-state index in [0.717, 1.165) is 27.5 Å². The highest BCUT2D eigenvalue weighted by molar-refractivity contribution is 7.22. The smallest absolute Gasteiger partial charge is 0.204 e. The summed E-state index contributed by atoms with van der Waals surface area (Å²) in [6.07, 6.45) is 4.02. The zero-order valence-corrected chi connectivity index (χ0v) is 15.9. The molecule has 3 aromatic carbocycles. The summed E-state index contributed by atoms with van der Waals surface area (Å²) in [4.78, 5) is 4.56. The van der Waals surface area contributed by atoms with Gasteiger partial charge in [-0.1, -0.05) is 72.0 Å². The van der Waals surface area contributed by atoms with Gasteiger partial charge in [0.1, 0.15) is 0 Å². The molecule has 0 bridgehead atoms. The van der Waals surface area contributed by atoms with E-state index < -0.39 is 0 Å². The van der Waals surface area contributed by atoms with Crippen LogP contribution in [0.1, 0.15) is 11.1 Å². The van der Waals surface area contributed by atoms with Gasteiger partial charge < -0.3 is 4.57 Å². The molecule has 0 amide bonds. The number of fused-ring (bicyclic) bond motifs is 2. The molecule has 0 radical (unpaired) electrons. The van der Waals surface area contributed by atoms with Gasteiger partial charge in [-0.25, -0.2) is 4.98 Å². The molecule has 0 spiro atoms. The summed E-state index contributed by atoms with van der Waals surface area (Å²) in [5.74, 6) is 0. The van der Waals surface area contributed by atoms with Crippen molar-refractivity contribution in [2.75, 3.05) is 5.43 Å². The fraction of sp³-hybridized carbons (Fsp3) is 0.0435. The quantitative estimate of drug-likeness (QED) is 0.311. The molecule has 2 heterocycles. The lowest BCUT2D eigenvalue weighted by Gasteiger charge is -2.05. The number of anilines is 1. The number of hydrogen-bond acceptors (Lipinski definition) is 4. The largest absolute Gasteiger partial charge is 0.342 e. The summed E-state index contributed by atoms with van der Waals surface area (Å²) in [6.45, 7) is 0.834. The highest BCUT2D eigenvalue weighted by atomic mass is 32.1. The predicted octanol–water partition coefficient (Wildman–Crippen LogP) is 5.75. The third kappa shape index (κ3) is 3.28. The van der Waals surface area contributed by atoms with Crippen LogP contribution in [0.2, 0.25) is 0 Å². The molecule has 4 nitrogen and oxygen atoms in total. The van der Waals surface area contributed by atoms with E-state index in [2.05, 4.69) is 80.9 Å². The summed E-state index contributed by atoms with van der Waals surface area (Å²) >= 11 is 1.60. The Bertz CT molecular complexity index is 1230. The molecule has 5 aromatic rings. The number of benzene rings is 3. The molecule has 0 fully saturated rings. The second kappa shape index (κ2) is 7.29. The van der Waals surface area contributed by atoms with Gasteiger partial charge in [0.25, 0.3) is 0 Å². The Morgan fingerprint density at radius 3 is 2.61 bits per heavy atom. The first-order valence-electron chi connectivity index (χ1n) is 9.13. The molecular weight excluding hydrogens is 364 g/mol. The van der Waals surface area contributed by atoms with Crippen LogP contribution in [0.15, 0.2) is 90.2 Å². The third-order valence-electron chi connectivity index (χ3n) is 4.67. The molecule has 0 atom stereocenters. The van der Waals surface area contributed by atoms with Gasteiger partial charge in [0, 0.05) is 29.2 Å². The highest BCUT2D eigenvalue weighted by Crippen LogP contribution is 2.25. The minimum atomic E-state index is 0.797. The first kappa shape index (κ1) is 16.7. The van der Waals surface area contributed by atoms with Crippen molar-refractivity contribution in [1.29, 1.82) is 0 Å². The molecule has 0 saturated carbocycles. The maximum Gasteiger partial charge on any atom is 0.204 e. The van der Waals surface area contributed by atoms with Gasteiger partial charge in [-0.3, -0.25) is 5.43 Å². The molecule has 5 heteroatoms. The zero-order chi connectivity index (χ0) is 18.8.